The van der Waals surface area contributed by atoms with E-state index >= 15 is 0 Å². The fourth-order valence-electron chi connectivity index (χ4n) is 2.38. The van der Waals surface area contributed by atoms with Crippen LogP contribution in [0, 0.1) is 5.92 Å². The van der Waals surface area contributed by atoms with Gasteiger partial charge in [0.2, 0.25) is 0 Å². The van der Waals surface area contributed by atoms with Gasteiger partial charge in [-0.05, 0) is 31.4 Å². The number of guanidine groups is 1. The zero-order valence-corrected chi connectivity index (χ0v) is 18.8. The third-order valence-corrected chi connectivity index (χ3v) is 5.52. The lowest BCUT2D eigenvalue weighted by molar-refractivity contribution is 0.491. The SMILES string of the molecule is CN=C(NCCS(=O)(=O)c1ccccc1)NC(C)CCCC(C)C.I. The van der Waals surface area contributed by atoms with Crippen molar-refractivity contribution in [2.45, 2.75) is 51.0 Å². The molecule has 25 heavy (non-hydrogen) atoms. The minimum Gasteiger partial charge on any atom is -0.355 e. The van der Waals surface area contributed by atoms with E-state index in [9.17, 15) is 8.42 Å². The summed E-state index contributed by atoms with van der Waals surface area (Å²) in [6, 6.07) is 8.84. The molecule has 7 heteroatoms. The number of benzene rings is 1. The van der Waals surface area contributed by atoms with Crippen molar-refractivity contribution in [1.29, 1.82) is 0 Å². The van der Waals surface area contributed by atoms with E-state index in [-0.39, 0.29) is 29.7 Å². The summed E-state index contributed by atoms with van der Waals surface area (Å²) in [4.78, 5) is 4.52. The van der Waals surface area contributed by atoms with Crippen LogP contribution in [-0.2, 0) is 9.84 Å². The summed E-state index contributed by atoms with van der Waals surface area (Å²) >= 11 is 0. The maximum absolute atomic E-state index is 12.2. The Morgan fingerprint density at radius 1 is 1.12 bits per heavy atom. The number of nitrogens with one attached hydrogen (secondary N) is 2. The van der Waals surface area contributed by atoms with Crippen molar-refractivity contribution in [3.05, 3.63) is 30.3 Å². The van der Waals surface area contributed by atoms with Gasteiger partial charge in [0.25, 0.3) is 0 Å². The summed E-state index contributed by atoms with van der Waals surface area (Å²) in [5, 5.41) is 6.40. The molecule has 0 aliphatic carbocycles. The highest BCUT2D eigenvalue weighted by Crippen LogP contribution is 2.09. The molecule has 5 nitrogen and oxygen atoms in total. The predicted molar refractivity (Wildman–Crippen MR) is 117 cm³/mol. The molecule has 1 rings (SSSR count). The smallest absolute Gasteiger partial charge is 0.191 e. The second-order valence-electron chi connectivity index (χ2n) is 6.50. The van der Waals surface area contributed by atoms with Crippen molar-refractivity contribution in [3.8, 4) is 0 Å². The molecule has 144 valence electrons. The van der Waals surface area contributed by atoms with Crippen LogP contribution in [0.3, 0.4) is 0 Å². The van der Waals surface area contributed by atoms with E-state index in [1.807, 2.05) is 6.07 Å². The lowest BCUT2D eigenvalue weighted by Gasteiger charge is -2.18. The standard InChI is InChI=1S/C18H31N3O2S.HI/c1-15(2)9-8-10-16(3)21-18(19-4)20-13-14-24(22,23)17-11-6-5-7-12-17;/h5-7,11-12,15-16H,8-10,13-14H2,1-4H3,(H2,19,20,21);1H. The summed E-state index contributed by atoms with van der Waals surface area (Å²) < 4.78 is 24.5. The second-order valence-corrected chi connectivity index (χ2v) is 8.61. The molecule has 0 radical (unpaired) electrons. The Labute approximate surface area is 170 Å². The van der Waals surface area contributed by atoms with Crippen molar-refractivity contribution in [3.63, 3.8) is 0 Å². The van der Waals surface area contributed by atoms with Crippen LogP contribution < -0.4 is 10.6 Å². The van der Waals surface area contributed by atoms with Gasteiger partial charge in [0.1, 0.15) is 0 Å². The van der Waals surface area contributed by atoms with Gasteiger partial charge in [0, 0.05) is 19.6 Å². The molecule has 1 unspecified atom stereocenters. The van der Waals surface area contributed by atoms with E-state index in [4.69, 9.17) is 0 Å². The highest BCUT2D eigenvalue weighted by molar-refractivity contribution is 14.0. The van der Waals surface area contributed by atoms with Crippen LogP contribution in [-0.4, -0.2) is 39.8 Å². The highest BCUT2D eigenvalue weighted by atomic mass is 127. The molecule has 2 N–H and O–H groups in total. The van der Waals surface area contributed by atoms with Gasteiger partial charge >= 0.3 is 0 Å². The average Bonchev–Trinajstić information content (AvgIpc) is 2.54. The van der Waals surface area contributed by atoms with Gasteiger partial charge in [0.15, 0.2) is 15.8 Å². The third kappa shape index (κ3) is 10.0. The Morgan fingerprint density at radius 3 is 2.32 bits per heavy atom. The molecule has 0 fully saturated rings. The molecule has 0 saturated heterocycles. The molecule has 1 atom stereocenters. The lowest BCUT2D eigenvalue weighted by atomic mass is 10.0. The molecule has 0 amide bonds. The van der Waals surface area contributed by atoms with Gasteiger partial charge in [-0.1, -0.05) is 44.9 Å². The summed E-state index contributed by atoms with van der Waals surface area (Å²) in [6.45, 7) is 6.90. The first kappa shape index (κ1) is 24.2. The number of halogens is 1. The maximum Gasteiger partial charge on any atom is 0.191 e. The summed E-state index contributed by atoms with van der Waals surface area (Å²) in [6.07, 6.45) is 3.46. The fourth-order valence-corrected chi connectivity index (χ4v) is 3.56. The fraction of sp³-hybridized carbons (Fsp3) is 0.611. The lowest BCUT2D eigenvalue weighted by Crippen LogP contribution is -2.43. The highest BCUT2D eigenvalue weighted by Gasteiger charge is 2.14. The Bertz CT molecular complexity index is 604. The van der Waals surface area contributed by atoms with Gasteiger partial charge in [-0.25, -0.2) is 8.42 Å². The van der Waals surface area contributed by atoms with Gasteiger partial charge in [-0.15, -0.1) is 24.0 Å². The van der Waals surface area contributed by atoms with Crippen molar-refractivity contribution >= 4 is 39.8 Å². The van der Waals surface area contributed by atoms with Crippen LogP contribution >= 0.6 is 24.0 Å². The number of sulfone groups is 1. The summed E-state index contributed by atoms with van der Waals surface area (Å²) in [5.74, 6) is 1.41. The van der Waals surface area contributed by atoms with Crippen LogP contribution in [0.5, 0.6) is 0 Å². The van der Waals surface area contributed by atoms with Crippen molar-refractivity contribution in [2.24, 2.45) is 10.9 Å². The van der Waals surface area contributed by atoms with Crippen molar-refractivity contribution in [1.82, 2.24) is 10.6 Å². The number of hydrogen-bond donors (Lipinski definition) is 2. The van der Waals surface area contributed by atoms with Crippen LogP contribution in [0.1, 0.15) is 40.0 Å². The van der Waals surface area contributed by atoms with Gasteiger partial charge in [0.05, 0.1) is 10.6 Å². The topological polar surface area (TPSA) is 70.6 Å². The summed E-state index contributed by atoms with van der Waals surface area (Å²) in [7, 11) is -1.57. The van der Waals surface area contributed by atoms with E-state index in [1.165, 1.54) is 12.8 Å². The average molecular weight is 481 g/mol. The van der Waals surface area contributed by atoms with E-state index in [2.05, 4.69) is 36.4 Å². The molecule has 0 saturated carbocycles. The van der Waals surface area contributed by atoms with Crippen LogP contribution in [0.15, 0.2) is 40.2 Å². The first-order valence-electron chi connectivity index (χ1n) is 8.60. The Morgan fingerprint density at radius 2 is 1.76 bits per heavy atom. The van der Waals surface area contributed by atoms with Gasteiger partial charge in [-0.3, -0.25) is 4.99 Å². The molecule has 1 aromatic rings. The third-order valence-electron chi connectivity index (χ3n) is 3.79. The Balaban J connectivity index is 0.00000576. The van der Waals surface area contributed by atoms with Crippen LogP contribution in [0.25, 0.3) is 0 Å². The van der Waals surface area contributed by atoms with Crippen molar-refractivity contribution < 1.29 is 8.42 Å². The largest absolute Gasteiger partial charge is 0.355 e. The predicted octanol–water partition coefficient (Wildman–Crippen LogP) is 3.46. The number of hydrogen-bond acceptors (Lipinski definition) is 3. The van der Waals surface area contributed by atoms with E-state index in [1.54, 1.807) is 31.3 Å². The zero-order valence-electron chi connectivity index (χ0n) is 15.7. The number of rotatable bonds is 9. The minimum atomic E-state index is -3.26. The van der Waals surface area contributed by atoms with Gasteiger partial charge < -0.3 is 10.6 Å². The first-order valence-corrected chi connectivity index (χ1v) is 10.3. The molecule has 0 bridgehead atoms. The Hall–Kier alpha value is -0.830. The second kappa shape index (κ2) is 12.5. The molecule has 0 heterocycles. The molecule has 0 aliphatic rings. The Kier molecular flexibility index (Phi) is 12.1. The molecule has 1 aromatic carbocycles. The van der Waals surface area contributed by atoms with E-state index < -0.39 is 9.84 Å². The molecular weight excluding hydrogens is 449 g/mol. The zero-order chi connectivity index (χ0) is 18.0. The molecule has 0 spiro atoms. The molecular formula is C18H32IN3O2S. The maximum atomic E-state index is 12.2. The molecule has 0 aromatic heterocycles. The number of nitrogens with zero attached hydrogens (tertiary/aromatic N) is 1. The van der Waals surface area contributed by atoms with E-state index in [0.29, 0.717) is 23.4 Å². The number of aliphatic imine (C=N–C) groups is 1. The first-order chi connectivity index (χ1) is 11.3. The normalized spacial score (nSPS) is 13.2. The quantitative estimate of drug-likeness (QED) is 0.322. The van der Waals surface area contributed by atoms with Crippen LogP contribution in [0.2, 0.25) is 0 Å². The monoisotopic (exact) mass is 481 g/mol. The van der Waals surface area contributed by atoms with Gasteiger partial charge in [-0.2, -0.15) is 0 Å². The summed E-state index contributed by atoms with van der Waals surface area (Å²) in [5.41, 5.74) is 0. The minimum absolute atomic E-state index is 0. The van der Waals surface area contributed by atoms with Crippen LogP contribution in [0.4, 0.5) is 0 Å². The molecule has 0 aliphatic heterocycles. The van der Waals surface area contributed by atoms with E-state index in [0.717, 1.165) is 12.3 Å². The van der Waals surface area contributed by atoms with Crippen molar-refractivity contribution in [2.75, 3.05) is 19.3 Å².